The Kier molecular flexibility index (Phi) is 6.35. The van der Waals surface area contributed by atoms with Crippen LogP contribution in [0, 0.1) is 5.82 Å². The molecule has 5 heteroatoms. The monoisotopic (exact) mass is 242 g/mol. The molecule has 0 amide bonds. The number of hydrogen-bond donors (Lipinski definition) is 2. The molecule has 0 heterocycles. The van der Waals surface area contributed by atoms with Gasteiger partial charge < -0.3 is 20.5 Å². The van der Waals surface area contributed by atoms with Crippen molar-refractivity contribution in [1.82, 2.24) is 0 Å². The van der Waals surface area contributed by atoms with Crippen molar-refractivity contribution in [2.24, 2.45) is 0 Å². The summed E-state index contributed by atoms with van der Waals surface area (Å²) in [5, 5.41) is 3.13. The average Bonchev–Trinajstić information content (AvgIpc) is 2.30. The number of anilines is 2. The fourth-order valence-electron chi connectivity index (χ4n) is 1.34. The Hall–Kier alpha value is -1.33. The van der Waals surface area contributed by atoms with Crippen LogP contribution < -0.4 is 11.1 Å². The third-order valence-corrected chi connectivity index (χ3v) is 2.23. The summed E-state index contributed by atoms with van der Waals surface area (Å²) in [6, 6.07) is 4.32. The van der Waals surface area contributed by atoms with Crippen molar-refractivity contribution in [2.75, 3.05) is 44.5 Å². The normalized spacial score (nSPS) is 10.5. The second-order valence-corrected chi connectivity index (χ2v) is 3.62. The summed E-state index contributed by atoms with van der Waals surface area (Å²) in [5.74, 6) is -0.323. The maximum atomic E-state index is 12.8. The minimum absolute atomic E-state index is 0.323. The molecule has 17 heavy (non-hydrogen) atoms. The fourth-order valence-corrected chi connectivity index (χ4v) is 1.34. The standard InChI is InChI=1S/C12H19FN2O2/c1-16-7-8-17-6-2-5-15-12-4-3-10(13)9-11(12)14/h3-4,9,15H,2,5-8,14H2,1H3. The van der Waals surface area contributed by atoms with Crippen molar-refractivity contribution < 1.29 is 13.9 Å². The first-order chi connectivity index (χ1) is 8.24. The van der Waals surface area contributed by atoms with Crippen LogP contribution in [-0.2, 0) is 9.47 Å². The van der Waals surface area contributed by atoms with E-state index in [1.54, 1.807) is 13.2 Å². The van der Waals surface area contributed by atoms with E-state index in [0.717, 1.165) is 18.7 Å². The second-order valence-electron chi connectivity index (χ2n) is 3.62. The summed E-state index contributed by atoms with van der Waals surface area (Å²) in [6.45, 7) is 2.62. The molecule has 0 radical (unpaired) electrons. The molecule has 0 aliphatic rings. The molecule has 96 valence electrons. The molecule has 3 N–H and O–H groups in total. The molecule has 1 rings (SSSR count). The third-order valence-electron chi connectivity index (χ3n) is 2.23. The molecule has 0 spiro atoms. The van der Waals surface area contributed by atoms with Crippen LogP contribution in [0.2, 0.25) is 0 Å². The van der Waals surface area contributed by atoms with Gasteiger partial charge in [0, 0.05) is 20.3 Å². The minimum Gasteiger partial charge on any atom is -0.397 e. The lowest BCUT2D eigenvalue weighted by molar-refractivity contribution is 0.0705. The topological polar surface area (TPSA) is 56.5 Å². The Morgan fingerprint density at radius 1 is 1.29 bits per heavy atom. The molecule has 0 aliphatic carbocycles. The van der Waals surface area contributed by atoms with E-state index < -0.39 is 0 Å². The number of halogens is 1. The number of nitrogens with one attached hydrogen (secondary N) is 1. The van der Waals surface area contributed by atoms with Crippen LogP contribution in [-0.4, -0.2) is 33.5 Å². The number of hydrogen-bond acceptors (Lipinski definition) is 4. The molecule has 0 aromatic heterocycles. The quantitative estimate of drug-likeness (QED) is 0.540. The number of benzene rings is 1. The van der Waals surface area contributed by atoms with Gasteiger partial charge in [-0.3, -0.25) is 0 Å². The van der Waals surface area contributed by atoms with Gasteiger partial charge in [-0.2, -0.15) is 0 Å². The molecule has 1 aromatic rings. The number of ether oxygens (including phenoxy) is 2. The molecular weight excluding hydrogens is 223 g/mol. The van der Waals surface area contributed by atoms with E-state index in [1.165, 1.54) is 12.1 Å². The maximum Gasteiger partial charge on any atom is 0.125 e. The van der Waals surface area contributed by atoms with Crippen LogP contribution in [0.25, 0.3) is 0 Å². The first-order valence-corrected chi connectivity index (χ1v) is 5.59. The number of nitrogens with two attached hydrogens (primary N) is 1. The van der Waals surface area contributed by atoms with Gasteiger partial charge in [0.05, 0.1) is 24.6 Å². The molecule has 0 saturated heterocycles. The lowest BCUT2D eigenvalue weighted by Crippen LogP contribution is -2.09. The number of rotatable bonds is 8. The molecule has 4 nitrogen and oxygen atoms in total. The first kappa shape index (κ1) is 13.7. The second kappa shape index (κ2) is 7.86. The molecule has 0 aliphatic heterocycles. The molecule has 1 aromatic carbocycles. The van der Waals surface area contributed by atoms with Crippen molar-refractivity contribution in [3.05, 3.63) is 24.0 Å². The Morgan fingerprint density at radius 3 is 2.82 bits per heavy atom. The summed E-state index contributed by atoms with van der Waals surface area (Å²) in [4.78, 5) is 0. The molecule has 0 bridgehead atoms. The minimum atomic E-state index is -0.323. The van der Waals surface area contributed by atoms with Crippen molar-refractivity contribution >= 4 is 11.4 Å². The van der Waals surface area contributed by atoms with E-state index in [2.05, 4.69) is 5.32 Å². The zero-order chi connectivity index (χ0) is 12.5. The highest BCUT2D eigenvalue weighted by atomic mass is 19.1. The molecule has 0 unspecified atom stereocenters. The number of methoxy groups -OCH3 is 1. The highest BCUT2D eigenvalue weighted by Gasteiger charge is 1.99. The molecule has 0 saturated carbocycles. The predicted octanol–water partition coefficient (Wildman–Crippen LogP) is 1.87. The van der Waals surface area contributed by atoms with Crippen LogP contribution in [0.4, 0.5) is 15.8 Å². The highest BCUT2D eigenvalue weighted by Crippen LogP contribution is 2.18. The largest absolute Gasteiger partial charge is 0.397 e. The van der Waals surface area contributed by atoms with Gasteiger partial charge in [-0.15, -0.1) is 0 Å². The van der Waals surface area contributed by atoms with E-state index in [-0.39, 0.29) is 5.82 Å². The molecule has 0 atom stereocenters. The number of nitrogen functional groups attached to an aromatic ring is 1. The van der Waals surface area contributed by atoms with E-state index in [4.69, 9.17) is 15.2 Å². The predicted molar refractivity (Wildman–Crippen MR) is 66.6 cm³/mol. The van der Waals surface area contributed by atoms with E-state index in [9.17, 15) is 4.39 Å². The van der Waals surface area contributed by atoms with Gasteiger partial charge in [0.2, 0.25) is 0 Å². The smallest absolute Gasteiger partial charge is 0.125 e. The first-order valence-electron chi connectivity index (χ1n) is 5.59. The summed E-state index contributed by atoms with van der Waals surface area (Å²) in [7, 11) is 1.64. The Balaban J connectivity index is 2.14. The maximum absolute atomic E-state index is 12.8. The molecule has 0 fully saturated rings. The van der Waals surface area contributed by atoms with E-state index in [1.807, 2.05) is 0 Å². The van der Waals surface area contributed by atoms with Gasteiger partial charge >= 0.3 is 0 Å². The summed E-state index contributed by atoms with van der Waals surface area (Å²) in [5.41, 5.74) is 6.83. The van der Waals surface area contributed by atoms with E-state index >= 15 is 0 Å². The Bertz CT molecular complexity index is 334. The van der Waals surface area contributed by atoms with Gasteiger partial charge in [0.25, 0.3) is 0 Å². The van der Waals surface area contributed by atoms with Crippen molar-refractivity contribution in [1.29, 1.82) is 0 Å². The van der Waals surface area contributed by atoms with Crippen LogP contribution in [0.15, 0.2) is 18.2 Å². The highest BCUT2D eigenvalue weighted by molar-refractivity contribution is 5.65. The summed E-state index contributed by atoms with van der Waals surface area (Å²) in [6.07, 6.45) is 0.862. The van der Waals surface area contributed by atoms with Crippen LogP contribution >= 0.6 is 0 Å². The van der Waals surface area contributed by atoms with Crippen LogP contribution in [0.3, 0.4) is 0 Å². The lowest BCUT2D eigenvalue weighted by Gasteiger charge is -2.09. The Morgan fingerprint density at radius 2 is 2.12 bits per heavy atom. The van der Waals surface area contributed by atoms with Gasteiger partial charge in [0.15, 0.2) is 0 Å². The van der Waals surface area contributed by atoms with Crippen molar-refractivity contribution in [3.8, 4) is 0 Å². The van der Waals surface area contributed by atoms with Gasteiger partial charge in [0.1, 0.15) is 5.82 Å². The van der Waals surface area contributed by atoms with Gasteiger partial charge in [-0.25, -0.2) is 4.39 Å². The Labute approximate surface area is 101 Å². The third kappa shape index (κ3) is 5.51. The zero-order valence-electron chi connectivity index (χ0n) is 10.0. The SMILES string of the molecule is COCCOCCCNc1ccc(F)cc1N. The summed E-state index contributed by atoms with van der Waals surface area (Å²) < 4.78 is 22.9. The zero-order valence-corrected chi connectivity index (χ0v) is 10.0. The van der Waals surface area contributed by atoms with Gasteiger partial charge in [-0.05, 0) is 24.6 Å². The van der Waals surface area contributed by atoms with Gasteiger partial charge in [-0.1, -0.05) is 0 Å². The van der Waals surface area contributed by atoms with Crippen LogP contribution in [0.1, 0.15) is 6.42 Å². The average molecular weight is 242 g/mol. The van der Waals surface area contributed by atoms with Crippen molar-refractivity contribution in [2.45, 2.75) is 6.42 Å². The molecular formula is C12H19FN2O2. The lowest BCUT2D eigenvalue weighted by atomic mass is 10.2. The van der Waals surface area contributed by atoms with Crippen LogP contribution in [0.5, 0.6) is 0 Å². The fraction of sp³-hybridized carbons (Fsp3) is 0.500. The van der Waals surface area contributed by atoms with Crippen molar-refractivity contribution in [3.63, 3.8) is 0 Å². The summed E-state index contributed by atoms with van der Waals surface area (Å²) >= 11 is 0. The van der Waals surface area contributed by atoms with E-state index in [0.29, 0.717) is 25.5 Å².